The van der Waals surface area contributed by atoms with Gasteiger partial charge in [-0.1, -0.05) is 5.21 Å². The Hall–Kier alpha value is -1.07. The number of tetrazole rings is 1. The van der Waals surface area contributed by atoms with E-state index in [2.05, 4.69) is 25.3 Å². The fourth-order valence-corrected chi connectivity index (χ4v) is 3.35. The van der Waals surface area contributed by atoms with Crippen LogP contribution in [0, 0.1) is 0 Å². The number of rotatable bonds is 6. The van der Waals surface area contributed by atoms with Crippen LogP contribution in [0.25, 0.3) is 0 Å². The predicted molar refractivity (Wildman–Crippen MR) is 54.5 cm³/mol. The minimum absolute atomic E-state index is 0.122. The standard InChI is InChI=1S/C5H11N5O4S2/c1-15(11,12)2-3-16(13,14)6-4-5-7-9-10-8-5/h6H,2-4H2,1H3,(H,7,8,9,10). The summed E-state index contributed by atoms with van der Waals surface area (Å²) < 4.78 is 46.3. The van der Waals surface area contributed by atoms with Gasteiger partial charge in [0.2, 0.25) is 10.0 Å². The van der Waals surface area contributed by atoms with Crippen LogP contribution in [0.2, 0.25) is 0 Å². The van der Waals surface area contributed by atoms with Crippen LogP contribution in [0.3, 0.4) is 0 Å². The van der Waals surface area contributed by atoms with Gasteiger partial charge >= 0.3 is 0 Å². The summed E-state index contributed by atoms with van der Waals surface area (Å²) in [5.41, 5.74) is 0. The van der Waals surface area contributed by atoms with Crippen molar-refractivity contribution in [2.45, 2.75) is 6.54 Å². The molecular weight excluding hydrogens is 258 g/mol. The SMILES string of the molecule is CS(=O)(=O)CCS(=O)(=O)NCc1nn[nH]n1. The second-order valence-corrected chi connectivity index (χ2v) is 7.28. The van der Waals surface area contributed by atoms with Gasteiger partial charge in [-0.05, 0) is 0 Å². The van der Waals surface area contributed by atoms with E-state index < -0.39 is 31.4 Å². The van der Waals surface area contributed by atoms with Crippen LogP contribution in [0.15, 0.2) is 0 Å². The van der Waals surface area contributed by atoms with E-state index in [1.807, 2.05) is 0 Å². The van der Waals surface area contributed by atoms with E-state index in [1.54, 1.807) is 0 Å². The molecule has 0 fully saturated rings. The smallest absolute Gasteiger partial charge is 0.213 e. The Morgan fingerprint density at radius 1 is 1.25 bits per heavy atom. The molecule has 0 radical (unpaired) electrons. The van der Waals surface area contributed by atoms with Gasteiger partial charge in [0.15, 0.2) is 5.82 Å². The minimum atomic E-state index is -3.64. The van der Waals surface area contributed by atoms with Gasteiger partial charge in [-0.25, -0.2) is 21.6 Å². The number of nitrogens with zero attached hydrogens (tertiary/aromatic N) is 3. The molecule has 0 spiro atoms. The molecule has 0 aliphatic carbocycles. The van der Waals surface area contributed by atoms with Gasteiger partial charge in [0, 0.05) is 6.26 Å². The molecule has 0 aliphatic rings. The molecule has 16 heavy (non-hydrogen) atoms. The molecule has 11 heteroatoms. The number of nitrogens with one attached hydrogen (secondary N) is 2. The Bertz CT molecular complexity index is 519. The second kappa shape index (κ2) is 4.84. The summed E-state index contributed by atoms with van der Waals surface area (Å²) >= 11 is 0. The van der Waals surface area contributed by atoms with Crippen LogP contribution < -0.4 is 4.72 Å². The Morgan fingerprint density at radius 3 is 2.44 bits per heavy atom. The van der Waals surface area contributed by atoms with Crippen molar-refractivity contribution < 1.29 is 16.8 Å². The van der Waals surface area contributed by atoms with Crippen molar-refractivity contribution in [1.29, 1.82) is 0 Å². The highest BCUT2D eigenvalue weighted by molar-refractivity contribution is 7.93. The molecule has 0 saturated carbocycles. The van der Waals surface area contributed by atoms with Crippen molar-refractivity contribution in [1.82, 2.24) is 25.3 Å². The van der Waals surface area contributed by atoms with Gasteiger partial charge in [0.25, 0.3) is 0 Å². The third-order valence-corrected chi connectivity index (χ3v) is 4.09. The van der Waals surface area contributed by atoms with Crippen molar-refractivity contribution >= 4 is 19.9 Å². The fraction of sp³-hybridized carbons (Fsp3) is 0.800. The zero-order valence-electron chi connectivity index (χ0n) is 8.41. The van der Waals surface area contributed by atoms with E-state index in [0.29, 0.717) is 0 Å². The summed E-state index contributed by atoms with van der Waals surface area (Å²) in [7, 11) is -6.94. The second-order valence-electron chi connectivity index (χ2n) is 3.10. The summed E-state index contributed by atoms with van der Waals surface area (Å²) in [6.45, 7) is -0.122. The number of hydrogen-bond acceptors (Lipinski definition) is 7. The molecule has 1 aromatic rings. The molecule has 0 saturated heterocycles. The van der Waals surface area contributed by atoms with Gasteiger partial charge in [-0.15, -0.1) is 10.2 Å². The minimum Gasteiger partial charge on any atom is -0.229 e. The summed E-state index contributed by atoms with van der Waals surface area (Å²) in [6, 6.07) is 0. The molecule has 0 bridgehead atoms. The maximum atomic E-state index is 11.3. The molecule has 92 valence electrons. The third-order valence-electron chi connectivity index (χ3n) is 1.56. The van der Waals surface area contributed by atoms with Gasteiger partial charge in [-0.2, -0.15) is 5.21 Å². The van der Waals surface area contributed by atoms with E-state index in [1.165, 1.54) is 0 Å². The predicted octanol–water partition coefficient (Wildman–Crippen LogP) is -2.34. The summed E-state index contributed by atoms with van der Waals surface area (Å²) in [5, 5.41) is 12.5. The first-order valence-electron chi connectivity index (χ1n) is 4.16. The van der Waals surface area contributed by atoms with E-state index in [0.717, 1.165) is 6.26 Å². The highest BCUT2D eigenvalue weighted by Gasteiger charge is 2.14. The highest BCUT2D eigenvalue weighted by Crippen LogP contribution is 1.92. The van der Waals surface area contributed by atoms with Gasteiger partial charge < -0.3 is 0 Å². The molecule has 1 aromatic heterocycles. The molecule has 1 heterocycles. The molecule has 0 atom stereocenters. The van der Waals surface area contributed by atoms with Crippen molar-refractivity contribution in [2.75, 3.05) is 17.8 Å². The summed E-state index contributed by atoms with van der Waals surface area (Å²) in [6.07, 6.45) is 0.974. The highest BCUT2D eigenvalue weighted by atomic mass is 32.2. The largest absolute Gasteiger partial charge is 0.229 e. The zero-order valence-corrected chi connectivity index (χ0v) is 10.0. The van der Waals surface area contributed by atoms with Crippen LogP contribution in [0.5, 0.6) is 0 Å². The maximum absolute atomic E-state index is 11.3. The quantitative estimate of drug-likeness (QED) is 0.591. The lowest BCUT2D eigenvalue weighted by molar-refractivity contribution is 0.577. The van der Waals surface area contributed by atoms with Crippen LogP contribution in [0.4, 0.5) is 0 Å². The number of hydrogen-bond donors (Lipinski definition) is 2. The van der Waals surface area contributed by atoms with E-state index in [-0.39, 0.29) is 12.4 Å². The topological polar surface area (TPSA) is 135 Å². The fourth-order valence-electron chi connectivity index (χ4n) is 0.765. The average molecular weight is 269 g/mol. The van der Waals surface area contributed by atoms with Gasteiger partial charge in [0.1, 0.15) is 9.84 Å². The van der Waals surface area contributed by atoms with Crippen LogP contribution in [-0.4, -0.2) is 55.2 Å². The molecule has 2 N–H and O–H groups in total. The number of sulfonamides is 1. The molecule has 0 amide bonds. The lowest BCUT2D eigenvalue weighted by atomic mass is 10.7. The van der Waals surface area contributed by atoms with Gasteiger partial charge in [0.05, 0.1) is 18.1 Å². The van der Waals surface area contributed by atoms with Crippen LogP contribution >= 0.6 is 0 Å². The third kappa shape index (κ3) is 5.14. The summed E-state index contributed by atoms with van der Waals surface area (Å²) in [5.74, 6) is -0.721. The number of H-pyrrole nitrogens is 1. The molecule has 0 unspecified atom stereocenters. The number of sulfone groups is 1. The molecule has 0 aliphatic heterocycles. The lowest BCUT2D eigenvalue weighted by Gasteiger charge is -2.03. The Morgan fingerprint density at radius 2 is 1.94 bits per heavy atom. The van der Waals surface area contributed by atoms with Crippen molar-refractivity contribution in [3.8, 4) is 0 Å². The average Bonchev–Trinajstić information content (AvgIpc) is 2.64. The molecule has 1 rings (SSSR count). The molecule has 9 nitrogen and oxygen atoms in total. The Balaban J connectivity index is 2.47. The summed E-state index contributed by atoms with van der Waals surface area (Å²) in [4.78, 5) is 0. The zero-order chi connectivity index (χ0) is 12.2. The monoisotopic (exact) mass is 269 g/mol. The number of aromatic nitrogens is 4. The number of aromatic amines is 1. The first-order valence-corrected chi connectivity index (χ1v) is 7.87. The first kappa shape index (κ1) is 13.0. The van der Waals surface area contributed by atoms with Gasteiger partial charge in [-0.3, -0.25) is 0 Å². The Labute approximate surface area is 92.6 Å². The Kier molecular flexibility index (Phi) is 3.93. The van der Waals surface area contributed by atoms with E-state index in [9.17, 15) is 16.8 Å². The molecular formula is C5H11N5O4S2. The van der Waals surface area contributed by atoms with Crippen molar-refractivity contribution in [3.05, 3.63) is 5.82 Å². The van der Waals surface area contributed by atoms with E-state index >= 15 is 0 Å². The van der Waals surface area contributed by atoms with Crippen LogP contribution in [-0.2, 0) is 26.4 Å². The normalized spacial score (nSPS) is 12.8. The lowest BCUT2D eigenvalue weighted by Crippen LogP contribution is -2.29. The van der Waals surface area contributed by atoms with Crippen molar-refractivity contribution in [2.24, 2.45) is 0 Å². The van der Waals surface area contributed by atoms with Crippen molar-refractivity contribution in [3.63, 3.8) is 0 Å². The van der Waals surface area contributed by atoms with E-state index in [4.69, 9.17) is 0 Å². The maximum Gasteiger partial charge on any atom is 0.213 e. The first-order chi connectivity index (χ1) is 7.29. The van der Waals surface area contributed by atoms with Crippen LogP contribution in [0.1, 0.15) is 5.82 Å². The molecule has 0 aromatic carbocycles.